The second-order valence-corrected chi connectivity index (χ2v) is 9.16. The molecule has 0 radical (unpaired) electrons. The van der Waals surface area contributed by atoms with Crippen LogP contribution in [0.15, 0.2) is 18.2 Å². The maximum absolute atomic E-state index is 11.3. The van der Waals surface area contributed by atoms with Crippen LogP contribution in [0.25, 0.3) is 0 Å². The summed E-state index contributed by atoms with van der Waals surface area (Å²) in [7, 11) is 0. The van der Waals surface area contributed by atoms with Crippen molar-refractivity contribution in [3.05, 3.63) is 29.3 Å². The summed E-state index contributed by atoms with van der Waals surface area (Å²) in [6, 6.07) is 6.97. The van der Waals surface area contributed by atoms with Crippen molar-refractivity contribution in [1.29, 1.82) is 0 Å². The number of piperazine rings is 1. The Morgan fingerprint density at radius 1 is 0.964 bits per heavy atom. The summed E-state index contributed by atoms with van der Waals surface area (Å²) in [5, 5.41) is 0. The van der Waals surface area contributed by atoms with Crippen LogP contribution < -0.4 is 4.90 Å². The lowest BCUT2D eigenvalue weighted by Crippen LogP contribution is -2.47. The van der Waals surface area contributed by atoms with Gasteiger partial charge in [-0.3, -0.25) is 14.6 Å². The highest BCUT2D eigenvalue weighted by atomic mass is 16.1. The van der Waals surface area contributed by atoms with Crippen LogP contribution in [0.2, 0.25) is 0 Å². The van der Waals surface area contributed by atoms with Gasteiger partial charge in [-0.1, -0.05) is 12.1 Å². The summed E-state index contributed by atoms with van der Waals surface area (Å²) in [6.45, 7) is 10.6. The van der Waals surface area contributed by atoms with Crippen LogP contribution in [0.1, 0.15) is 50.2 Å². The highest BCUT2D eigenvalue weighted by molar-refractivity contribution is 5.77. The van der Waals surface area contributed by atoms with Crippen molar-refractivity contribution < 1.29 is 4.79 Å². The normalized spacial score (nSPS) is 22.2. The molecule has 2 saturated heterocycles. The smallest absolute Gasteiger partial charge is 0.143 e. The summed E-state index contributed by atoms with van der Waals surface area (Å²) in [5.41, 5.74) is 4.76. The number of hydrogen-bond donors (Lipinski definition) is 0. The number of benzene rings is 1. The first kappa shape index (κ1) is 19.9. The van der Waals surface area contributed by atoms with Gasteiger partial charge in [-0.05, 0) is 94.6 Å². The molecule has 28 heavy (non-hydrogen) atoms. The number of piperidine rings is 1. The maximum Gasteiger partial charge on any atom is 0.143 e. The van der Waals surface area contributed by atoms with Gasteiger partial charge in [0.05, 0.1) is 6.54 Å². The van der Waals surface area contributed by atoms with Crippen LogP contribution in [0, 0.1) is 5.92 Å². The zero-order valence-corrected chi connectivity index (χ0v) is 17.7. The van der Waals surface area contributed by atoms with Crippen LogP contribution in [0.3, 0.4) is 0 Å². The zero-order valence-electron chi connectivity index (χ0n) is 17.7. The van der Waals surface area contributed by atoms with Crippen LogP contribution in [-0.4, -0.2) is 67.9 Å². The third-order valence-electron chi connectivity index (χ3n) is 7.09. The van der Waals surface area contributed by atoms with Crippen molar-refractivity contribution in [3.8, 4) is 0 Å². The third kappa shape index (κ3) is 4.96. The summed E-state index contributed by atoms with van der Waals surface area (Å²) in [5.74, 6) is 1.15. The van der Waals surface area contributed by atoms with Gasteiger partial charge in [-0.15, -0.1) is 0 Å². The van der Waals surface area contributed by atoms with Crippen LogP contribution in [0.5, 0.6) is 0 Å². The average molecular weight is 384 g/mol. The van der Waals surface area contributed by atoms with Gasteiger partial charge in [0.2, 0.25) is 0 Å². The van der Waals surface area contributed by atoms with E-state index in [0.717, 1.165) is 19.0 Å². The van der Waals surface area contributed by atoms with Gasteiger partial charge in [0, 0.05) is 31.9 Å². The number of anilines is 1. The Kier molecular flexibility index (Phi) is 6.69. The molecule has 1 aromatic carbocycles. The number of rotatable bonds is 6. The molecule has 3 aliphatic rings. The second kappa shape index (κ2) is 9.41. The van der Waals surface area contributed by atoms with E-state index in [4.69, 9.17) is 0 Å². The number of ketones is 1. The quantitative estimate of drug-likeness (QED) is 0.752. The Morgan fingerprint density at radius 3 is 2.46 bits per heavy atom. The molecular weight excluding hydrogens is 346 g/mol. The third-order valence-corrected chi connectivity index (χ3v) is 7.09. The number of nitrogens with zero attached hydrogens (tertiary/aromatic N) is 3. The first-order chi connectivity index (χ1) is 13.7. The first-order valence-electron chi connectivity index (χ1n) is 11.5. The Balaban J connectivity index is 1.21. The SMILES string of the molecule is CC(=O)CN1CCC(CCN2CCN(c3cccc4c3CCCC4)CC2)CC1. The van der Waals surface area contributed by atoms with Gasteiger partial charge in [-0.25, -0.2) is 0 Å². The molecule has 0 unspecified atom stereocenters. The van der Waals surface area contributed by atoms with Crippen molar-refractivity contribution in [1.82, 2.24) is 9.80 Å². The molecule has 0 N–H and O–H groups in total. The van der Waals surface area contributed by atoms with E-state index in [1.807, 2.05) is 0 Å². The second-order valence-electron chi connectivity index (χ2n) is 9.16. The lowest BCUT2D eigenvalue weighted by Gasteiger charge is -2.39. The largest absolute Gasteiger partial charge is 0.369 e. The van der Waals surface area contributed by atoms with E-state index in [2.05, 4.69) is 32.9 Å². The fraction of sp³-hybridized carbons (Fsp3) is 0.708. The van der Waals surface area contributed by atoms with E-state index in [1.54, 1.807) is 18.1 Å². The predicted molar refractivity (Wildman–Crippen MR) is 116 cm³/mol. The molecule has 2 aliphatic heterocycles. The molecule has 0 aromatic heterocycles. The average Bonchev–Trinajstić information content (AvgIpc) is 2.73. The summed E-state index contributed by atoms with van der Waals surface area (Å²) in [4.78, 5) is 18.9. The van der Waals surface area contributed by atoms with Crippen LogP contribution in [-0.2, 0) is 17.6 Å². The van der Waals surface area contributed by atoms with Crippen LogP contribution >= 0.6 is 0 Å². The number of hydrogen-bond acceptors (Lipinski definition) is 4. The lowest BCUT2D eigenvalue weighted by atomic mass is 9.90. The van der Waals surface area contributed by atoms with E-state index in [0.29, 0.717) is 12.3 Å². The van der Waals surface area contributed by atoms with E-state index >= 15 is 0 Å². The number of Topliss-reactive ketones (excluding diaryl/α,β-unsaturated/α-hetero) is 1. The van der Waals surface area contributed by atoms with E-state index in [1.165, 1.54) is 83.4 Å². The molecule has 4 heteroatoms. The number of carbonyl (C=O) groups excluding carboxylic acids is 1. The molecule has 0 saturated carbocycles. The van der Waals surface area contributed by atoms with Gasteiger partial charge in [0.25, 0.3) is 0 Å². The minimum atomic E-state index is 0.302. The van der Waals surface area contributed by atoms with E-state index < -0.39 is 0 Å². The minimum Gasteiger partial charge on any atom is -0.369 e. The Hall–Kier alpha value is -1.39. The first-order valence-corrected chi connectivity index (χ1v) is 11.5. The highest BCUT2D eigenvalue weighted by Crippen LogP contribution is 2.31. The van der Waals surface area contributed by atoms with Crippen molar-refractivity contribution in [3.63, 3.8) is 0 Å². The van der Waals surface area contributed by atoms with Gasteiger partial charge >= 0.3 is 0 Å². The topological polar surface area (TPSA) is 26.8 Å². The van der Waals surface area contributed by atoms with Crippen LogP contribution in [0.4, 0.5) is 5.69 Å². The molecule has 4 nitrogen and oxygen atoms in total. The van der Waals surface area contributed by atoms with Crippen molar-refractivity contribution in [2.45, 2.75) is 51.9 Å². The Labute approximate surface area is 170 Å². The number of carbonyl (C=O) groups is 1. The van der Waals surface area contributed by atoms with Gasteiger partial charge in [0.15, 0.2) is 0 Å². The molecule has 2 heterocycles. The van der Waals surface area contributed by atoms with Gasteiger partial charge in [0.1, 0.15) is 5.78 Å². The Bertz CT molecular complexity index is 658. The highest BCUT2D eigenvalue weighted by Gasteiger charge is 2.24. The van der Waals surface area contributed by atoms with Crippen molar-refractivity contribution in [2.75, 3.05) is 57.3 Å². The monoisotopic (exact) mass is 383 g/mol. The summed E-state index contributed by atoms with van der Waals surface area (Å²) < 4.78 is 0. The number of likely N-dealkylation sites (tertiary alicyclic amines) is 1. The molecule has 2 fully saturated rings. The fourth-order valence-electron chi connectivity index (χ4n) is 5.38. The molecule has 0 amide bonds. The van der Waals surface area contributed by atoms with Gasteiger partial charge < -0.3 is 4.90 Å². The minimum absolute atomic E-state index is 0.302. The number of aryl methyl sites for hydroxylation is 1. The molecule has 1 aliphatic carbocycles. The van der Waals surface area contributed by atoms with Gasteiger partial charge in [-0.2, -0.15) is 0 Å². The Morgan fingerprint density at radius 2 is 1.71 bits per heavy atom. The molecular formula is C24H37N3O. The zero-order chi connectivity index (χ0) is 19.3. The predicted octanol–water partition coefficient (Wildman–Crippen LogP) is 3.38. The van der Waals surface area contributed by atoms with Crippen molar-refractivity contribution >= 4 is 11.5 Å². The van der Waals surface area contributed by atoms with Crippen molar-refractivity contribution in [2.24, 2.45) is 5.92 Å². The number of fused-ring (bicyclic) bond motifs is 1. The molecule has 1 aromatic rings. The fourth-order valence-corrected chi connectivity index (χ4v) is 5.38. The van der Waals surface area contributed by atoms with E-state index in [-0.39, 0.29) is 0 Å². The maximum atomic E-state index is 11.3. The summed E-state index contributed by atoms with van der Waals surface area (Å²) >= 11 is 0. The van der Waals surface area contributed by atoms with E-state index in [9.17, 15) is 4.79 Å². The summed E-state index contributed by atoms with van der Waals surface area (Å²) in [6.07, 6.45) is 9.12. The molecule has 0 spiro atoms. The lowest BCUT2D eigenvalue weighted by molar-refractivity contribution is -0.118. The molecule has 4 rings (SSSR count). The molecule has 154 valence electrons. The standard InChI is InChI=1S/C24H37N3O/c1-20(28)19-26-13-10-21(11-14-26)9-12-25-15-17-27(18-16-25)24-8-4-6-22-5-2-3-7-23(22)24/h4,6,8,21H,2-3,5,7,9-19H2,1H3. The molecule has 0 bridgehead atoms. The molecule has 0 atom stereocenters.